The van der Waals surface area contributed by atoms with Gasteiger partial charge in [-0.25, -0.2) is 14.6 Å². The lowest BCUT2D eigenvalue weighted by atomic mass is 9.85. The van der Waals surface area contributed by atoms with Crippen LogP contribution in [0.3, 0.4) is 0 Å². The van der Waals surface area contributed by atoms with E-state index in [1.807, 2.05) is 24.3 Å². The molecule has 16 heavy (non-hydrogen) atoms. The lowest BCUT2D eigenvalue weighted by Gasteiger charge is -2.25. The molecule has 0 aliphatic heterocycles. The van der Waals surface area contributed by atoms with Crippen LogP contribution in [-0.4, -0.2) is 18.2 Å². The zero-order chi connectivity index (χ0) is 11.4. The molecular weight excluding hydrogens is 204 g/mol. The molecule has 1 aromatic carbocycles. The summed E-state index contributed by atoms with van der Waals surface area (Å²) in [6, 6.07) is 7.39. The number of aliphatic imine (C=N–C) groups is 2. The number of hydrogen-bond acceptors (Lipinski definition) is 4. The Morgan fingerprint density at radius 1 is 1.12 bits per heavy atom. The van der Waals surface area contributed by atoms with Crippen LogP contribution in [0.4, 0.5) is 0 Å². The van der Waals surface area contributed by atoms with Gasteiger partial charge < -0.3 is 0 Å². The van der Waals surface area contributed by atoms with Gasteiger partial charge in [0.2, 0.25) is 12.2 Å². The number of hydrogen-bond donors (Lipinski definition) is 0. The number of carbonyl (C=O) groups excluding carboxylic acids is 2. The Kier molecular flexibility index (Phi) is 3.06. The highest BCUT2D eigenvalue weighted by atomic mass is 16.1. The molecule has 2 atom stereocenters. The maximum Gasteiger partial charge on any atom is 0.235 e. The van der Waals surface area contributed by atoms with E-state index in [9.17, 15) is 9.59 Å². The largest absolute Gasteiger partial charge is 0.235 e. The van der Waals surface area contributed by atoms with Gasteiger partial charge in [-0.2, -0.15) is 4.99 Å². The van der Waals surface area contributed by atoms with Crippen molar-refractivity contribution < 1.29 is 9.59 Å². The third-order valence-corrected chi connectivity index (χ3v) is 2.81. The third-order valence-electron chi connectivity index (χ3n) is 2.81. The average Bonchev–Trinajstić information content (AvgIpc) is 2.30. The van der Waals surface area contributed by atoms with Gasteiger partial charge in [0.25, 0.3) is 0 Å². The summed E-state index contributed by atoms with van der Waals surface area (Å²) >= 11 is 0. The Morgan fingerprint density at radius 3 is 2.62 bits per heavy atom. The highest BCUT2D eigenvalue weighted by molar-refractivity contribution is 5.41. The number of isocyanates is 2. The lowest BCUT2D eigenvalue weighted by molar-refractivity contribution is 0.488. The lowest BCUT2D eigenvalue weighted by Crippen LogP contribution is -2.20. The number of nitrogens with zero attached hydrogens (tertiary/aromatic N) is 2. The van der Waals surface area contributed by atoms with E-state index in [2.05, 4.69) is 9.98 Å². The molecule has 1 aliphatic carbocycles. The summed E-state index contributed by atoms with van der Waals surface area (Å²) in [5, 5.41) is 0. The van der Waals surface area contributed by atoms with E-state index in [1.54, 1.807) is 12.2 Å². The third kappa shape index (κ3) is 1.98. The number of benzene rings is 1. The van der Waals surface area contributed by atoms with E-state index < -0.39 is 0 Å². The zero-order valence-corrected chi connectivity index (χ0v) is 8.59. The van der Waals surface area contributed by atoms with Gasteiger partial charge >= 0.3 is 0 Å². The first-order valence-electron chi connectivity index (χ1n) is 5.07. The van der Waals surface area contributed by atoms with Gasteiger partial charge in [0.05, 0.1) is 12.1 Å². The molecule has 1 aromatic rings. The van der Waals surface area contributed by atoms with Gasteiger partial charge in [0.1, 0.15) is 0 Å². The van der Waals surface area contributed by atoms with Crippen molar-refractivity contribution in [1.29, 1.82) is 0 Å². The van der Waals surface area contributed by atoms with E-state index in [-0.39, 0.29) is 12.1 Å². The second-order valence-corrected chi connectivity index (χ2v) is 3.75. The maximum absolute atomic E-state index is 10.3. The second-order valence-electron chi connectivity index (χ2n) is 3.75. The average molecular weight is 214 g/mol. The van der Waals surface area contributed by atoms with Crippen LogP contribution in [0.15, 0.2) is 34.3 Å². The van der Waals surface area contributed by atoms with E-state index in [4.69, 9.17) is 0 Å². The summed E-state index contributed by atoms with van der Waals surface area (Å²) in [6.45, 7) is 0. The van der Waals surface area contributed by atoms with Crippen LogP contribution in [-0.2, 0) is 16.0 Å². The predicted molar refractivity (Wildman–Crippen MR) is 57.5 cm³/mol. The van der Waals surface area contributed by atoms with Gasteiger partial charge in [-0.3, -0.25) is 0 Å². The van der Waals surface area contributed by atoms with Crippen LogP contribution in [0.2, 0.25) is 0 Å². The topological polar surface area (TPSA) is 58.9 Å². The molecule has 0 bridgehead atoms. The normalized spacial score (nSPS) is 22.5. The van der Waals surface area contributed by atoms with Crippen LogP contribution >= 0.6 is 0 Å². The van der Waals surface area contributed by atoms with Gasteiger partial charge in [-0.15, -0.1) is 0 Å². The predicted octanol–water partition coefficient (Wildman–Crippen LogP) is 1.71. The zero-order valence-electron chi connectivity index (χ0n) is 8.59. The van der Waals surface area contributed by atoms with Crippen LogP contribution < -0.4 is 0 Å². The molecule has 0 fully saturated rings. The van der Waals surface area contributed by atoms with Gasteiger partial charge in [-0.1, -0.05) is 24.3 Å². The van der Waals surface area contributed by atoms with E-state index in [0.717, 1.165) is 11.1 Å². The van der Waals surface area contributed by atoms with Crippen molar-refractivity contribution in [2.75, 3.05) is 0 Å². The Hall–Kier alpha value is -2.02. The minimum atomic E-state index is -0.232. The fourth-order valence-corrected chi connectivity index (χ4v) is 2.13. The van der Waals surface area contributed by atoms with Gasteiger partial charge in [-0.05, 0) is 24.0 Å². The minimum absolute atomic E-state index is 0.130. The van der Waals surface area contributed by atoms with Gasteiger partial charge in [0.15, 0.2) is 0 Å². The molecule has 2 unspecified atom stereocenters. The summed E-state index contributed by atoms with van der Waals surface area (Å²) in [7, 11) is 0. The molecule has 0 saturated carbocycles. The monoisotopic (exact) mass is 214 g/mol. The summed E-state index contributed by atoms with van der Waals surface area (Å²) in [5.41, 5.74) is 2.12. The summed E-state index contributed by atoms with van der Waals surface area (Å²) < 4.78 is 0. The first-order chi connectivity index (χ1) is 7.85. The quantitative estimate of drug-likeness (QED) is 0.555. The number of fused-ring (bicyclic) bond motifs is 1. The second kappa shape index (κ2) is 4.67. The molecular formula is C12H10N2O2. The molecule has 0 amide bonds. The first kappa shape index (κ1) is 10.5. The molecule has 80 valence electrons. The molecule has 0 heterocycles. The van der Waals surface area contributed by atoms with Crippen molar-refractivity contribution in [3.05, 3.63) is 35.4 Å². The molecule has 4 nitrogen and oxygen atoms in total. The Labute approximate surface area is 92.7 Å². The standard InChI is InChI=1S/C12H10N2O2/c15-7-13-10-5-9-3-1-2-4-11(9)12(6-10)14-8-16/h1-4,10,12H,5-6H2. The minimum Gasteiger partial charge on any atom is -0.211 e. The molecule has 1 aliphatic rings. The highest BCUT2D eigenvalue weighted by Crippen LogP contribution is 2.33. The van der Waals surface area contributed by atoms with Crippen LogP contribution in [0.1, 0.15) is 23.6 Å². The van der Waals surface area contributed by atoms with Crippen LogP contribution in [0, 0.1) is 0 Å². The summed E-state index contributed by atoms with van der Waals surface area (Å²) in [5.74, 6) is 0. The van der Waals surface area contributed by atoms with E-state index in [0.29, 0.717) is 12.8 Å². The smallest absolute Gasteiger partial charge is 0.211 e. The van der Waals surface area contributed by atoms with Crippen molar-refractivity contribution in [3.63, 3.8) is 0 Å². The molecule has 0 radical (unpaired) electrons. The molecule has 0 spiro atoms. The Morgan fingerprint density at radius 2 is 1.88 bits per heavy atom. The van der Waals surface area contributed by atoms with Crippen molar-refractivity contribution in [1.82, 2.24) is 0 Å². The molecule has 4 heteroatoms. The van der Waals surface area contributed by atoms with Crippen molar-refractivity contribution in [2.24, 2.45) is 9.98 Å². The van der Waals surface area contributed by atoms with Crippen LogP contribution in [0.25, 0.3) is 0 Å². The van der Waals surface area contributed by atoms with Crippen molar-refractivity contribution >= 4 is 12.2 Å². The first-order valence-corrected chi connectivity index (χ1v) is 5.07. The molecule has 2 rings (SSSR count). The molecule has 0 saturated heterocycles. The number of rotatable bonds is 2. The van der Waals surface area contributed by atoms with Gasteiger partial charge in [0, 0.05) is 0 Å². The molecule has 0 N–H and O–H groups in total. The highest BCUT2D eigenvalue weighted by Gasteiger charge is 2.26. The SMILES string of the molecule is O=C=NC1Cc2ccccc2C(N=C=O)C1. The summed E-state index contributed by atoms with van der Waals surface area (Å²) in [6.07, 6.45) is 4.42. The van der Waals surface area contributed by atoms with Crippen molar-refractivity contribution in [2.45, 2.75) is 24.9 Å². The van der Waals surface area contributed by atoms with E-state index in [1.165, 1.54) is 0 Å². The Bertz CT molecular complexity index is 486. The Balaban J connectivity index is 2.40. The van der Waals surface area contributed by atoms with Crippen molar-refractivity contribution in [3.8, 4) is 0 Å². The molecule has 0 aromatic heterocycles. The fourth-order valence-electron chi connectivity index (χ4n) is 2.13. The van der Waals surface area contributed by atoms with E-state index >= 15 is 0 Å². The fraction of sp³-hybridized carbons (Fsp3) is 0.333. The maximum atomic E-state index is 10.3. The summed E-state index contributed by atoms with van der Waals surface area (Å²) in [4.78, 5) is 28.1. The van der Waals surface area contributed by atoms with Crippen LogP contribution in [0.5, 0.6) is 0 Å².